The molecular formula is C15H21F2N3. The van der Waals surface area contributed by atoms with Gasteiger partial charge in [0, 0.05) is 6.04 Å². The van der Waals surface area contributed by atoms with Crippen LogP contribution in [0.1, 0.15) is 52.0 Å². The third kappa shape index (κ3) is 2.76. The van der Waals surface area contributed by atoms with Crippen LogP contribution < -0.4 is 5.73 Å². The molecule has 1 unspecified atom stereocenters. The van der Waals surface area contributed by atoms with Gasteiger partial charge in [-0.05, 0) is 25.5 Å². The minimum atomic E-state index is -0.868. The van der Waals surface area contributed by atoms with E-state index in [9.17, 15) is 8.78 Å². The van der Waals surface area contributed by atoms with Crippen molar-refractivity contribution >= 4 is 17.0 Å². The highest BCUT2D eigenvalue weighted by Gasteiger charge is 2.19. The molecule has 0 saturated carbocycles. The number of benzene rings is 1. The predicted molar refractivity (Wildman–Crippen MR) is 77.5 cm³/mol. The van der Waals surface area contributed by atoms with E-state index >= 15 is 0 Å². The summed E-state index contributed by atoms with van der Waals surface area (Å²) in [6, 6.07) is 2.55. The summed E-state index contributed by atoms with van der Waals surface area (Å²) in [5.74, 6) is -1.49. The van der Waals surface area contributed by atoms with Crippen LogP contribution >= 0.6 is 0 Å². The summed E-state index contributed by atoms with van der Waals surface area (Å²) in [5, 5.41) is 0. The van der Waals surface area contributed by atoms with Crippen molar-refractivity contribution in [3.05, 3.63) is 23.8 Å². The van der Waals surface area contributed by atoms with Crippen molar-refractivity contribution in [1.29, 1.82) is 0 Å². The Morgan fingerprint density at radius 3 is 2.70 bits per heavy atom. The van der Waals surface area contributed by atoms with Crippen molar-refractivity contribution in [2.24, 2.45) is 0 Å². The van der Waals surface area contributed by atoms with E-state index in [4.69, 9.17) is 5.73 Å². The van der Waals surface area contributed by atoms with Crippen molar-refractivity contribution in [2.45, 2.75) is 52.0 Å². The third-order valence-corrected chi connectivity index (χ3v) is 3.69. The van der Waals surface area contributed by atoms with E-state index in [0.717, 1.165) is 25.3 Å². The van der Waals surface area contributed by atoms with Crippen LogP contribution in [0, 0.1) is 11.6 Å². The lowest BCUT2D eigenvalue weighted by Gasteiger charge is -2.16. The molecular weight excluding hydrogens is 260 g/mol. The van der Waals surface area contributed by atoms with Gasteiger partial charge in [0.15, 0.2) is 11.6 Å². The summed E-state index contributed by atoms with van der Waals surface area (Å²) in [4.78, 5) is 4.11. The lowest BCUT2D eigenvalue weighted by atomic mass is 10.1. The first-order valence-corrected chi connectivity index (χ1v) is 7.17. The zero-order chi connectivity index (χ0) is 14.7. The van der Waals surface area contributed by atoms with Crippen LogP contribution in [-0.2, 0) is 0 Å². The maximum atomic E-state index is 14.0. The van der Waals surface area contributed by atoms with Gasteiger partial charge < -0.3 is 10.3 Å². The number of nitrogens with two attached hydrogens (primary N) is 1. The Hall–Kier alpha value is -1.65. The molecule has 0 spiro atoms. The van der Waals surface area contributed by atoms with Crippen molar-refractivity contribution in [2.75, 3.05) is 5.73 Å². The number of nitrogen functional groups attached to an aromatic ring is 1. The molecule has 1 atom stereocenters. The third-order valence-electron chi connectivity index (χ3n) is 3.69. The van der Waals surface area contributed by atoms with E-state index in [1.165, 1.54) is 18.9 Å². The second-order valence-corrected chi connectivity index (χ2v) is 5.27. The van der Waals surface area contributed by atoms with Crippen LogP contribution in [-0.4, -0.2) is 9.55 Å². The molecule has 1 aromatic heterocycles. The standard InChI is InChI=1S/C15H21F2N3/c1-3-4-5-6-7-10(2)20-14-12(19-15(20)18)9-8-11(16)13(14)17/h8-10H,3-7H2,1-2H3,(H2,18,19). The van der Waals surface area contributed by atoms with Crippen LogP contribution in [0.2, 0.25) is 0 Å². The molecule has 0 bridgehead atoms. The quantitative estimate of drug-likeness (QED) is 0.796. The number of anilines is 1. The van der Waals surface area contributed by atoms with Crippen LogP contribution in [0.25, 0.3) is 11.0 Å². The molecule has 1 heterocycles. The lowest BCUT2D eigenvalue weighted by Crippen LogP contribution is -2.10. The molecule has 0 fully saturated rings. The van der Waals surface area contributed by atoms with E-state index in [2.05, 4.69) is 11.9 Å². The van der Waals surface area contributed by atoms with Crippen LogP contribution in [0.3, 0.4) is 0 Å². The van der Waals surface area contributed by atoms with Crippen LogP contribution in [0.5, 0.6) is 0 Å². The first-order chi connectivity index (χ1) is 9.56. The van der Waals surface area contributed by atoms with Gasteiger partial charge in [-0.3, -0.25) is 0 Å². The SMILES string of the molecule is CCCCCCC(C)n1c(N)nc2ccc(F)c(F)c21. The van der Waals surface area contributed by atoms with Gasteiger partial charge in [0.05, 0.1) is 5.52 Å². The fraction of sp³-hybridized carbons (Fsp3) is 0.533. The van der Waals surface area contributed by atoms with Gasteiger partial charge in [-0.25, -0.2) is 13.8 Å². The molecule has 3 nitrogen and oxygen atoms in total. The maximum Gasteiger partial charge on any atom is 0.201 e. The predicted octanol–water partition coefficient (Wildman–Crippen LogP) is 4.43. The summed E-state index contributed by atoms with van der Waals surface area (Å²) >= 11 is 0. The fourth-order valence-electron chi connectivity index (χ4n) is 2.58. The Morgan fingerprint density at radius 2 is 2.00 bits per heavy atom. The van der Waals surface area contributed by atoms with Crippen LogP contribution in [0.15, 0.2) is 12.1 Å². The Labute approximate surface area is 117 Å². The van der Waals surface area contributed by atoms with E-state index in [0.29, 0.717) is 5.52 Å². The number of hydrogen-bond donors (Lipinski definition) is 1. The van der Waals surface area contributed by atoms with Crippen molar-refractivity contribution < 1.29 is 8.78 Å². The number of hydrogen-bond acceptors (Lipinski definition) is 2. The van der Waals surface area contributed by atoms with Crippen molar-refractivity contribution in [3.8, 4) is 0 Å². The van der Waals surface area contributed by atoms with Gasteiger partial charge in [-0.1, -0.05) is 32.6 Å². The van der Waals surface area contributed by atoms with Gasteiger partial charge in [-0.15, -0.1) is 0 Å². The summed E-state index contributed by atoms with van der Waals surface area (Å²) in [7, 11) is 0. The molecule has 0 aliphatic rings. The Kier molecular flexibility index (Phi) is 4.57. The monoisotopic (exact) mass is 281 g/mol. The maximum absolute atomic E-state index is 14.0. The Morgan fingerprint density at radius 1 is 1.25 bits per heavy atom. The molecule has 0 aliphatic heterocycles. The number of fused-ring (bicyclic) bond motifs is 1. The second-order valence-electron chi connectivity index (χ2n) is 5.27. The number of nitrogens with zero attached hydrogens (tertiary/aromatic N) is 2. The highest BCUT2D eigenvalue weighted by molar-refractivity contribution is 5.79. The van der Waals surface area contributed by atoms with Gasteiger partial charge in [0.25, 0.3) is 0 Å². The average molecular weight is 281 g/mol. The molecule has 0 amide bonds. The number of imidazole rings is 1. The van der Waals surface area contributed by atoms with E-state index in [1.54, 1.807) is 4.57 Å². The Balaban J connectivity index is 2.28. The molecule has 2 N–H and O–H groups in total. The highest BCUT2D eigenvalue weighted by atomic mass is 19.2. The van der Waals surface area contributed by atoms with E-state index in [-0.39, 0.29) is 17.5 Å². The zero-order valence-corrected chi connectivity index (χ0v) is 12.0. The smallest absolute Gasteiger partial charge is 0.201 e. The lowest BCUT2D eigenvalue weighted by molar-refractivity contribution is 0.472. The molecule has 2 aromatic rings. The fourth-order valence-corrected chi connectivity index (χ4v) is 2.58. The summed E-state index contributed by atoms with van der Waals surface area (Å²) < 4.78 is 29.0. The highest BCUT2D eigenvalue weighted by Crippen LogP contribution is 2.28. The van der Waals surface area contributed by atoms with Crippen molar-refractivity contribution in [3.63, 3.8) is 0 Å². The molecule has 0 saturated heterocycles. The normalized spacial score (nSPS) is 13.0. The average Bonchev–Trinajstić information content (AvgIpc) is 2.76. The summed E-state index contributed by atoms with van der Waals surface area (Å²) in [6.45, 7) is 4.12. The topological polar surface area (TPSA) is 43.8 Å². The number of rotatable bonds is 6. The molecule has 1 aromatic carbocycles. The number of aromatic nitrogens is 2. The van der Waals surface area contributed by atoms with Crippen molar-refractivity contribution in [1.82, 2.24) is 9.55 Å². The molecule has 0 aliphatic carbocycles. The van der Waals surface area contributed by atoms with Gasteiger partial charge >= 0.3 is 0 Å². The minimum absolute atomic E-state index is 0.00755. The van der Waals surface area contributed by atoms with Gasteiger partial charge in [0.2, 0.25) is 5.95 Å². The molecule has 20 heavy (non-hydrogen) atoms. The Bertz CT molecular complexity index is 592. The zero-order valence-electron chi connectivity index (χ0n) is 12.0. The van der Waals surface area contributed by atoms with Gasteiger partial charge in [-0.2, -0.15) is 0 Å². The first kappa shape index (κ1) is 14.8. The molecule has 110 valence electrons. The minimum Gasteiger partial charge on any atom is -0.369 e. The first-order valence-electron chi connectivity index (χ1n) is 7.17. The molecule has 2 rings (SSSR count). The second kappa shape index (κ2) is 6.20. The van der Waals surface area contributed by atoms with Crippen LogP contribution in [0.4, 0.5) is 14.7 Å². The molecule has 5 heteroatoms. The largest absolute Gasteiger partial charge is 0.369 e. The summed E-state index contributed by atoms with van der Waals surface area (Å²) in [6.07, 6.45) is 5.43. The molecule has 0 radical (unpaired) electrons. The van der Waals surface area contributed by atoms with E-state index < -0.39 is 11.6 Å². The van der Waals surface area contributed by atoms with E-state index in [1.807, 2.05) is 6.92 Å². The number of unbranched alkanes of at least 4 members (excludes halogenated alkanes) is 3. The summed E-state index contributed by atoms with van der Waals surface area (Å²) in [5.41, 5.74) is 6.44. The van der Waals surface area contributed by atoms with Gasteiger partial charge in [0.1, 0.15) is 5.52 Å². The number of halogens is 2.